The zero-order valence-corrected chi connectivity index (χ0v) is 18.1. The molecule has 0 aliphatic carbocycles. The van der Waals surface area contributed by atoms with Crippen LogP contribution in [0, 0.1) is 17.8 Å². The summed E-state index contributed by atoms with van der Waals surface area (Å²) in [5.41, 5.74) is 3.33. The van der Waals surface area contributed by atoms with Crippen LogP contribution < -0.4 is 5.56 Å². The van der Waals surface area contributed by atoms with Crippen LogP contribution in [-0.2, 0) is 11.3 Å². The van der Waals surface area contributed by atoms with E-state index >= 15 is 0 Å². The van der Waals surface area contributed by atoms with E-state index in [1.54, 1.807) is 0 Å². The van der Waals surface area contributed by atoms with Gasteiger partial charge >= 0.3 is 0 Å². The molecule has 0 radical (unpaired) electrons. The number of carbonyl (C=O) groups excluding carboxylic acids is 1. The number of carbonyl (C=O) groups is 1. The molecule has 5 unspecified atom stereocenters. The van der Waals surface area contributed by atoms with Crippen molar-refractivity contribution in [2.45, 2.75) is 37.6 Å². The molecule has 0 N–H and O–H groups in total. The number of likely N-dealkylation sites (tertiary alicyclic amines) is 2. The van der Waals surface area contributed by atoms with Crippen LogP contribution in [0.3, 0.4) is 0 Å². The van der Waals surface area contributed by atoms with Gasteiger partial charge in [0.1, 0.15) is 0 Å². The first-order chi connectivity index (χ1) is 14.5. The van der Waals surface area contributed by atoms with Crippen LogP contribution in [0.15, 0.2) is 28.7 Å². The standard InChI is InChI=1S/C24H32N4O2/c1-25-10-16-5-18(13-25)21-4-3-20(24(30)28(21)12-16)17-7-22-19-6-15(9-26(2)14-19)11-27(22)23(29)8-17/h3-4,7,15-19H,5-6,8-14H2,1-2H3. The van der Waals surface area contributed by atoms with Crippen LogP contribution in [0.2, 0.25) is 0 Å². The van der Waals surface area contributed by atoms with Gasteiger partial charge in [-0.1, -0.05) is 12.1 Å². The lowest BCUT2D eigenvalue weighted by Gasteiger charge is -2.48. The number of allylic oxidation sites excluding steroid dienone is 1. The van der Waals surface area contributed by atoms with Gasteiger partial charge in [0.05, 0.1) is 0 Å². The van der Waals surface area contributed by atoms with Crippen LogP contribution in [0.1, 0.15) is 42.4 Å². The molecule has 0 saturated carbocycles. The Kier molecular flexibility index (Phi) is 4.26. The van der Waals surface area contributed by atoms with E-state index in [9.17, 15) is 9.59 Å². The van der Waals surface area contributed by atoms with E-state index in [0.717, 1.165) is 44.8 Å². The number of rotatable bonds is 1. The Morgan fingerprint density at radius 3 is 2.33 bits per heavy atom. The molecule has 5 aliphatic heterocycles. The van der Waals surface area contributed by atoms with Crippen molar-refractivity contribution in [2.24, 2.45) is 17.8 Å². The van der Waals surface area contributed by atoms with Gasteiger partial charge in [-0.2, -0.15) is 0 Å². The highest BCUT2D eigenvalue weighted by Gasteiger charge is 2.42. The Hall–Kier alpha value is -1.92. The molecule has 5 aliphatic rings. The molecule has 1 amide bonds. The predicted octanol–water partition coefficient (Wildman–Crippen LogP) is 1.68. The third-order valence-electron chi connectivity index (χ3n) is 8.17. The first kappa shape index (κ1) is 18.8. The molecule has 5 atom stereocenters. The van der Waals surface area contributed by atoms with E-state index in [1.165, 1.54) is 24.2 Å². The number of likely N-dealkylation sites (N-methyl/N-ethyl adjacent to an activating group) is 1. The van der Waals surface area contributed by atoms with Crippen LogP contribution >= 0.6 is 0 Å². The molecule has 160 valence electrons. The van der Waals surface area contributed by atoms with E-state index in [0.29, 0.717) is 30.1 Å². The summed E-state index contributed by atoms with van der Waals surface area (Å²) in [5, 5.41) is 0. The van der Waals surface area contributed by atoms with Gasteiger partial charge in [0.25, 0.3) is 5.56 Å². The minimum atomic E-state index is -0.0812. The number of amides is 1. The maximum absolute atomic E-state index is 13.5. The molecule has 1 aromatic rings. The first-order valence-corrected chi connectivity index (χ1v) is 11.6. The van der Waals surface area contributed by atoms with Crippen molar-refractivity contribution in [1.29, 1.82) is 0 Å². The lowest BCUT2D eigenvalue weighted by atomic mass is 9.78. The third-order valence-corrected chi connectivity index (χ3v) is 8.17. The van der Waals surface area contributed by atoms with Crippen molar-refractivity contribution in [1.82, 2.24) is 19.3 Å². The molecule has 0 spiro atoms. The van der Waals surface area contributed by atoms with Gasteiger partial charge < -0.3 is 19.3 Å². The molecular formula is C24H32N4O2. The normalized spacial score (nSPS) is 36.2. The van der Waals surface area contributed by atoms with E-state index < -0.39 is 0 Å². The van der Waals surface area contributed by atoms with Crippen molar-refractivity contribution in [3.05, 3.63) is 45.5 Å². The number of aromatic nitrogens is 1. The highest BCUT2D eigenvalue weighted by molar-refractivity contribution is 5.81. The van der Waals surface area contributed by atoms with Crippen LogP contribution in [0.5, 0.6) is 0 Å². The fourth-order valence-corrected chi connectivity index (χ4v) is 7.09. The maximum Gasteiger partial charge on any atom is 0.254 e. The molecular weight excluding hydrogens is 376 g/mol. The summed E-state index contributed by atoms with van der Waals surface area (Å²) < 4.78 is 2.04. The van der Waals surface area contributed by atoms with E-state index in [2.05, 4.69) is 36.0 Å². The second kappa shape index (κ2) is 6.79. The second-order valence-corrected chi connectivity index (χ2v) is 10.6. The Morgan fingerprint density at radius 2 is 1.53 bits per heavy atom. The molecule has 3 fully saturated rings. The summed E-state index contributed by atoms with van der Waals surface area (Å²) in [4.78, 5) is 33.5. The number of nitrogens with zero attached hydrogens (tertiary/aromatic N) is 4. The molecule has 6 heterocycles. The smallest absolute Gasteiger partial charge is 0.254 e. The lowest BCUT2D eigenvalue weighted by Crippen LogP contribution is -2.53. The summed E-state index contributed by atoms with van der Waals surface area (Å²) in [6, 6.07) is 4.21. The summed E-state index contributed by atoms with van der Waals surface area (Å²) in [6.45, 7) is 5.87. The Labute approximate surface area is 178 Å². The van der Waals surface area contributed by atoms with E-state index in [1.807, 2.05) is 15.5 Å². The van der Waals surface area contributed by atoms with Crippen LogP contribution in [0.25, 0.3) is 0 Å². The zero-order chi connectivity index (χ0) is 20.6. The highest BCUT2D eigenvalue weighted by atomic mass is 16.2. The molecule has 0 aromatic carbocycles. The number of hydrogen-bond donors (Lipinski definition) is 0. The second-order valence-electron chi connectivity index (χ2n) is 10.6. The van der Waals surface area contributed by atoms with Gasteiger partial charge in [0.2, 0.25) is 5.91 Å². The lowest BCUT2D eigenvalue weighted by molar-refractivity contribution is -0.133. The van der Waals surface area contributed by atoms with Gasteiger partial charge in [-0.15, -0.1) is 0 Å². The van der Waals surface area contributed by atoms with Gasteiger partial charge in [-0.3, -0.25) is 9.59 Å². The molecule has 6 nitrogen and oxygen atoms in total. The van der Waals surface area contributed by atoms with Gasteiger partial charge in [-0.25, -0.2) is 0 Å². The SMILES string of the molecule is CN1CC2CC(C1)C1=CC(c3ccc4n(c3=O)CC3CC4CN(C)C3)CC(=O)N1C2. The number of pyridine rings is 1. The largest absolute Gasteiger partial charge is 0.316 e. The van der Waals surface area contributed by atoms with Crippen LogP contribution in [-0.4, -0.2) is 72.0 Å². The van der Waals surface area contributed by atoms with Gasteiger partial charge in [-0.05, 0) is 44.8 Å². The van der Waals surface area contributed by atoms with E-state index in [-0.39, 0.29) is 17.4 Å². The average molecular weight is 409 g/mol. The molecule has 30 heavy (non-hydrogen) atoms. The molecule has 6 heteroatoms. The van der Waals surface area contributed by atoms with Gasteiger partial charge in [0.15, 0.2) is 0 Å². The summed E-state index contributed by atoms with van der Waals surface area (Å²) in [6.07, 6.45) is 5.07. The minimum Gasteiger partial charge on any atom is -0.316 e. The summed E-state index contributed by atoms with van der Waals surface area (Å²) in [5.74, 6) is 2.14. The van der Waals surface area contributed by atoms with Crippen LogP contribution in [0.4, 0.5) is 0 Å². The predicted molar refractivity (Wildman–Crippen MR) is 115 cm³/mol. The highest BCUT2D eigenvalue weighted by Crippen LogP contribution is 2.41. The first-order valence-electron chi connectivity index (χ1n) is 11.6. The molecule has 3 saturated heterocycles. The maximum atomic E-state index is 13.5. The fraction of sp³-hybridized carbons (Fsp3) is 0.667. The summed E-state index contributed by atoms with van der Waals surface area (Å²) in [7, 11) is 4.37. The quantitative estimate of drug-likeness (QED) is 0.710. The summed E-state index contributed by atoms with van der Waals surface area (Å²) >= 11 is 0. The molecule has 6 rings (SSSR count). The Bertz CT molecular complexity index is 980. The number of fused-ring (bicyclic) bond motifs is 8. The molecule has 1 aromatic heterocycles. The Morgan fingerprint density at radius 1 is 0.833 bits per heavy atom. The Balaban J connectivity index is 1.37. The zero-order valence-electron chi connectivity index (χ0n) is 18.1. The number of piperidine rings is 3. The van der Waals surface area contributed by atoms with Gasteiger partial charge in [0, 0.05) is 80.4 Å². The number of hydrogen-bond acceptors (Lipinski definition) is 4. The third kappa shape index (κ3) is 2.91. The minimum absolute atomic E-state index is 0.0812. The van der Waals surface area contributed by atoms with Crippen molar-refractivity contribution >= 4 is 5.91 Å². The van der Waals surface area contributed by atoms with Crippen molar-refractivity contribution in [2.75, 3.05) is 46.8 Å². The fourth-order valence-electron chi connectivity index (χ4n) is 7.09. The van der Waals surface area contributed by atoms with Crippen molar-refractivity contribution in [3.63, 3.8) is 0 Å². The van der Waals surface area contributed by atoms with E-state index in [4.69, 9.17) is 0 Å². The topological polar surface area (TPSA) is 48.8 Å². The monoisotopic (exact) mass is 408 g/mol. The van der Waals surface area contributed by atoms with Crippen molar-refractivity contribution < 1.29 is 4.79 Å². The molecule has 4 bridgehead atoms. The average Bonchev–Trinajstić information content (AvgIpc) is 2.69. The van der Waals surface area contributed by atoms with Crippen molar-refractivity contribution in [3.8, 4) is 0 Å².